The molecule has 1 heterocycles. The fourth-order valence-corrected chi connectivity index (χ4v) is 1.23. The van der Waals surface area contributed by atoms with Crippen molar-refractivity contribution in [2.45, 2.75) is 6.10 Å². The molecule has 1 aliphatic heterocycles. The van der Waals surface area contributed by atoms with E-state index in [0.717, 1.165) is 13.1 Å². The Bertz CT molecular complexity index is 326. The summed E-state index contributed by atoms with van der Waals surface area (Å²) in [4.78, 5) is 0. The first-order chi connectivity index (χ1) is 6.79. The largest absolute Gasteiger partial charge is 0.497 e. The van der Waals surface area contributed by atoms with E-state index in [1.54, 1.807) is 12.1 Å². The lowest BCUT2D eigenvalue weighted by Crippen LogP contribution is -2.50. The molecule has 0 amide bonds. The highest BCUT2D eigenvalue weighted by Gasteiger charge is 2.19. The first kappa shape index (κ1) is 9.27. The van der Waals surface area contributed by atoms with Gasteiger partial charge in [-0.3, -0.25) is 0 Å². The summed E-state index contributed by atoms with van der Waals surface area (Å²) in [7, 11) is 1.51. The van der Waals surface area contributed by atoms with Crippen LogP contribution in [-0.2, 0) is 0 Å². The molecule has 0 spiro atoms. The van der Waals surface area contributed by atoms with Gasteiger partial charge in [0.15, 0.2) is 11.6 Å². The molecular formula is C10H12FNO2. The summed E-state index contributed by atoms with van der Waals surface area (Å²) in [6.07, 6.45) is 0.0953. The Morgan fingerprint density at radius 2 is 2.21 bits per heavy atom. The van der Waals surface area contributed by atoms with E-state index in [2.05, 4.69) is 5.32 Å². The number of ether oxygens (including phenoxy) is 2. The van der Waals surface area contributed by atoms with Crippen LogP contribution in [0.5, 0.6) is 11.5 Å². The van der Waals surface area contributed by atoms with E-state index >= 15 is 0 Å². The van der Waals surface area contributed by atoms with E-state index in [9.17, 15) is 4.39 Å². The minimum atomic E-state index is -0.378. The molecule has 0 bridgehead atoms. The van der Waals surface area contributed by atoms with Gasteiger partial charge in [-0.1, -0.05) is 0 Å². The van der Waals surface area contributed by atoms with Crippen LogP contribution in [0.4, 0.5) is 4.39 Å². The second-order valence-corrected chi connectivity index (χ2v) is 3.19. The predicted octanol–water partition coefficient (Wildman–Crippen LogP) is 1.18. The van der Waals surface area contributed by atoms with E-state index in [4.69, 9.17) is 9.47 Å². The van der Waals surface area contributed by atoms with Crippen molar-refractivity contribution in [2.75, 3.05) is 20.2 Å². The maximum atomic E-state index is 13.3. The Morgan fingerprint density at radius 3 is 2.71 bits per heavy atom. The fourth-order valence-electron chi connectivity index (χ4n) is 1.23. The fraction of sp³-hybridized carbons (Fsp3) is 0.400. The van der Waals surface area contributed by atoms with Gasteiger partial charge in [0.25, 0.3) is 0 Å². The molecule has 1 saturated heterocycles. The minimum Gasteiger partial charge on any atom is -0.497 e. The first-order valence-electron chi connectivity index (χ1n) is 4.50. The molecule has 0 aromatic heterocycles. The van der Waals surface area contributed by atoms with Crippen LogP contribution in [0.3, 0.4) is 0 Å². The number of halogens is 1. The van der Waals surface area contributed by atoms with Crippen molar-refractivity contribution in [2.24, 2.45) is 0 Å². The topological polar surface area (TPSA) is 30.5 Å². The van der Waals surface area contributed by atoms with Gasteiger partial charge in [0.1, 0.15) is 11.9 Å². The third-order valence-corrected chi connectivity index (χ3v) is 2.18. The highest BCUT2D eigenvalue weighted by atomic mass is 19.1. The van der Waals surface area contributed by atoms with Gasteiger partial charge in [-0.25, -0.2) is 4.39 Å². The van der Waals surface area contributed by atoms with Crippen LogP contribution in [0.25, 0.3) is 0 Å². The molecule has 1 aromatic rings. The molecule has 2 rings (SSSR count). The summed E-state index contributed by atoms with van der Waals surface area (Å²) in [5.74, 6) is 0.412. The second kappa shape index (κ2) is 3.84. The molecule has 3 nitrogen and oxygen atoms in total. The third kappa shape index (κ3) is 1.80. The first-order valence-corrected chi connectivity index (χ1v) is 4.50. The smallest absolute Gasteiger partial charge is 0.168 e. The second-order valence-electron chi connectivity index (χ2n) is 3.19. The standard InChI is InChI=1S/C10H12FNO2/c1-13-7-2-3-10(9(11)4-7)14-8-5-12-6-8/h2-4,8,12H,5-6H2,1H3. The van der Waals surface area contributed by atoms with Crippen molar-refractivity contribution < 1.29 is 13.9 Å². The summed E-state index contributed by atoms with van der Waals surface area (Å²) in [6, 6.07) is 4.60. The van der Waals surface area contributed by atoms with Crippen LogP contribution in [0.1, 0.15) is 0 Å². The molecule has 0 unspecified atom stereocenters. The SMILES string of the molecule is COc1ccc(OC2CNC2)c(F)c1. The van der Waals surface area contributed by atoms with Crippen molar-refractivity contribution >= 4 is 0 Å². The quantitative estimate of drug-likeness (QED) is 0.789. The molecule has 1 aliphatic rings. The summed E-state index contributed by atoms with van der Waals surface area (Å²) >= 11 is 0. The molecule has 0 saturated carbocycles. The maximum absolute atomic E-state index is 13.3. The number of benzene rings is 1. The number of hydrogen-bond donors (Lipinski definition) is 1. The average molecular weight is 197 g/mol. The van der Waals surface area contributed by atoms with Crippen molar-refractivity contribution in [1.82, 2.24) is 5.32 Å². The lowest BCUT2D eigenvalue weighted by Gasteiger charge is -2.27. The molecule has 76 valence electrons. The summed E-state index contributed by atoms with van der Waals surface area (Å²) < 4.78 is 23.6. The lowest BCUT2D eigenvalue weighted by atomic mass is 10.2. The molecule has 14 heavy (non-hydrogen) atoms. The van der Waals surface area contributed by atoms with Crippen molar-refractivity contribution in [3.05, 3.63) is 24.0 Å². The van der Waals surface area contributed by atoms with Crippen molar-refractivity contribution in [3.63, 3.8) is 0 Å². The molecule has 4 heteroatoms. The van der Waals surface area contributed by atoms with Gasteiger partial charge in [0.2, 0.25) is 0 Å². The van der Waals surface area contributed by atoms with Crippen molar-refractivity contribution in [3.8, 4) is 11.5 Å². The minimum absolute atomic E-state index is 0.0953. The van der Waals surface area contributed by atoms with Gasteiger partial charge in [-0.15, -0.1) is 0 Å². The van der Waals surface area contributed by atoms with E-state index in [0.29, 0.717) is 5.75 Å². The Labute approximate surface area is 81.8 Å². The average Bonchev–Trinajstić information content (AvgIpc) is 2.13. The molecular weight excluding hydrogens is 185 g/mol. The van der Waals surface area contributed by atoms with E-state index in [-0.39, 0.29) is 17.7 Å². The van der Waals surface area contributed by atoms with Crippen LogP contribution in [0, 0.1) is 5.82 Å². The highest BCUT2D eigenvalue weighted by molar-refractivity contribution is 5.33. The van der Waals surface area contributed by atoms with Crippen LogP contribution in [-0.4, -0.2) is 26.3 Å². The number of nitrogens with one attached hydrogen (secondary N) is 1. The van der Waals surface area contributed by atoms with Gasteiger partial charge in [-0.05, 0) is 12.1 Å². The van der Waals surface area contributed by atoms with E-state index < -0.39 is 0 Å². The van der Waals surface area contributed by atoms with E-state index in [1.165, 1.54) is 13.2 Å². The number of rotatable bonds is 3. The van der Waals surface area contributed by atoms with Gasteiger partial charge in [0, 0.05) is 19.2 Å². The van der Waals surface area contributed by atoms with Crippen molar-refractivity contribution in [1.29, 1.82) is 0 Å². The summed E-state index contributed by atoms with van der Waals surface area (Å²) in [5.41, 5.74) is 0. The Balaban J connectivity index is 2.09. The van der Waals surface area contributed by atoms with Gasteiger partial charge in [0.05, 0.1) is 7.11 Å². The molecule has 1 fully saturated rings. The zero-order valence-electron chi connectivity index (χ0n) is 7.92. The zero-order chi connectivity index (χ0) is 9.97. The zero-order valence-corrected chi connectivity index (χ0v) is 7.92. The highest BCUT2D eigenvalue weighted by Crippen LogP contribution is 2.23. The predicted molar refractivity (Wildman–Crippen MR) is 50.2 cm³/mol. The van der Waals surface area contributed by atoms with Crippen LogP contribution in [0.15, 0.2) is 18.2 Å². The maximum Gasteiger partial charge on any atom is 0.168 e. The molecule has 1 aromatic carbocycles. The molecule has 0 atom stereocenters. The third-order valence-electron chi connectivity index (χ3n) is 2.18. The normalized spacial score (nSPS) is 16.1. The van der Waals surface area contributed by atoms with Crippen LogP contribution in [0.2, 0.25) is 0 Å². The lowest BCUT2D eigenvalue weighted by molar-refractivity contribution is 0.136. The molecule has 0 aliphatic carbocycles. The van der Waals surface area contributed by atoms with E-state index in [1.807, 2.05) is 0 Å². The molecule has 0 radical (unpaired) electrons. The Morgan fingerprint density at radius 1 is 1.43 bits per heavy atom. The van der Waals surface area contributed by atoms with Gasteiger partial charge >= 0.3 is 0 Å². The Kier molecular flexibility index (Phi) is 2.54. The summed E-state index contributed by atoms with van der Waals surface area (Å²) in [6.45, 7) is 1.57. The van der Waals surface area contributed by atoms with Crippen LogP contribution >= 0.6 is 0 Å². The van der Waals surface area contributed by atoms with Gasteiger partial charge in [-0.2, -0.15) is 0 Å². The summed E-state index contributed by atoms with van der Waals surface area (Å²) in [5, 5.41) is 3.05. The molecule has 1 N–H and O–H groups in total. The monoisotopic (exact) mass is 197 g/mol. The Hall–Kier alpha value is -1.29. The van der Waals surface area contributed by atoms with Gasteiger partial charge < -0.3 is 14.8 Å². The number of methoxy groups -OCH3 is 1. The number of hydrogen-bond acceptors (Lipinski definition) is 3. The van der Waals surface area contributed by atoms with Crippen LogP contribution < -0.4 is 14.8 Å².